The van der Waals surface area contributed by atoms with Crippen molar-refractivity contribution in [1.82, 2.24) is 13.7 Å². The van der Waals surface area contributed by atoms with Crippen molar-refractivity contribution in [2.24, 2.45) is 21.1 Å². The van der Waals surface area contributed by atoms with Crippen LogP contribution in [0.2, 0.25) is 0 Å². The quantitative estimate of drug-likeness (QED) is 0.386. The van der Waals surface area contributed by atoms with Crippen LogP contribution in [-0.2, 0) is 30.7 Å². The van der Waals surface area contributed by atoms with Crippen molar-refractivity contribution in [3.05, 3.63) is 59.9 Å². The average molecular weight is 438 g/mol. The molecule has 0 fully saturated rings. The summed E-state index contributed by atoms with van der Waals surface area (Å²) in [5.74, 6) is -1.11. The predicted octanol–water partition coefficient (Wildman–Crippen LogP) is 2.37. The number of nitrogens with one attached hydrogen (secondary N) is 2. The number of ether oxygens (including phenoxy) is 1. The first-order valence-electron chi connectivity index (χ1n) is 9.90. The summed E-state index contributed by atoms with van der Waals surface area (Å²) < 4.78 is 9.89. The van der Waals surface area contributed by atoms with Gasteiger partial charge in [-0.1, -0.05) is 0 Å². The number of nitrogens with zero attached hydrogens (tertiary/aromatic N) is 3. The van der Waals surface area contributed by atoms with E-state index in [2.05, 4.69) is 10.6 Å². The number of aryl methyl sites for hydroxylation is 3. The van der Waals surface area contributed by atoms with Gasteiger partial charge in [-0.05, 0) is 31.2 Å². The minimum Gasteiger partial charge on any atom is -0.463 e. The molecule has 0 spiro atoms. The van der Waals surface area contributed by atoms with Crippen LogP contribution in [0.5, 0.6) is 0 Å². The van der Waals surface area contributed by atoms with Crippen LogP contribution in [0.1, 0.15) is 33.6 Å². The van der Waals surface area contributed by atoms with Gasteiger partial charge >= 0.3 is 5.97 Å². The fourth-order valence-corrected chi connectivity index (χ4v) is 3.22. The number of hydrogen-bond acceptors (Lipinski definition) is 5. The van der Waals surface area contributed by atoms with E-state index in [0.29, 0.717) is 35.1 Å². The Morgan fingerprint density at radius 2 is 1.47 bits per heavy atom. The molecule has 0 saturated carbocycles. The summed E-state index contributed by atoms with van der Waals surface area (Å²) in [6.07, 6.45) is 7.97. The molecule has 0 aromatic carbocycles. The summed E-state index contributed by atoms with van der Waals surface area (Å²) in [6, 6.07) is 4.90. The molecular formula is C22H26N6O4. The molecule has 3 aromatic heterocycles. The van der Waals surface area contributed by atoms with Gasteiger partial charge in [-0.15, -0.1) is 0 Å². The number of carbonyl (C=O) groups is 3. The van der Waals surface area contributed by atoms with Gasteiger partial charge in [-0.3, -0.25) is 9.59 Å². The molecule has 3 heterocycles. The highest BCUT2D eigenvalue weighted by atomic mass is 16.5. The second kappa shape index (κ2) is 9.29. The van der Waals surface area contributed by atoms with E-state index in [0.717, 1.165) is 5.69 Å². The van der Waals surface area contributed by atoms with E-state index in [1.807, 2.05) is 0 Å². The predicted molar refractivity (Wildman–Crippen MR) is 122 cm³/mol. The van der Waals surface area contributed by atoms with Crippen molar-refractivity contribution in [3.63, 3.8) is 0 Å². The topological polar surface area (TPSA) is 125 Å². The molecule has 32 heavy (non-hydrogen) atoms. The Balaban J connectivity index is 1.69. The van der Waals surface area contributed by atoms with Crippen molar-refractivity contribution in [2.45, 2.75) is 6.92 Å². The van der Waals surface area contributed by atoms with Gasteiger partial charge in [0.05, 0.1) is 23.7 Å². The lowest BCUT2D eigenvalue weighted by Gasteiger charge is -2.03. The highest BCUT2D eigenvalue weighted by molar-refractivity contribution is 6.07. The summed E-state index contributed by atoms with van der Waals surface area (Å²) in [7, 11) is 5.24. The maximum Gasteiger partial charge on any atom is 0.330 e. The van der Waals surface area contributed by atoms with E-state index in [1.54, 1.807) is 84.6 Å². The Morgan fingerprint density at radius 1 is 0.906 bits per heavy atom. The molecule has 0 atom stereocenters. The Bertz CT molecular complexity index is 1200. The molecular weight excluding hydrogens is 412 g/mol. The SMILES string of the molecule is CCOC(=O)/C=C/c1cc(NC(=O)c2cc(NC(=O)c3cc(N)cn3C)cn2C)cn1C. The van der Waals surface area contributed by atoms with E-state index in [-0.39, 0.29) is 11.8 Å². The van der Waals surface area contributed by atoms with Crippen LogP contribution in [0.4, 0.5) is 17.1 Å². The molecule has 168 valence electrons. The lowest BCUT2D eigenvalue weighted by Crippen LogP contribution is -2.15. The molecule has 2 amide bonds. The molecule has 4 N–H and O–H groups in total. The van der Waals surface area contributed by atoms with Crippen molar-refractivity contribution in [1.29, 1.82) is 0 Å². The number of hydrogen-bond donors (Lipinski definition) is 3. The Kier molecular flexibility index (Phi) is 6.53. The molecule has 3 rings (SSSR count). The molecule has 0 aliphatic rings. The van der Waals surface area contributed by atoms with Gasteiger partial charge in [0.2, 0.25) is 0 Å². The molecule has 10 nitrogen and oxygen atoms in total. The summed E-state index contributed by atoms with van der Waals surface area (Å²) >= 11 is 0. The number of aromatic nitrogens is 3. The van der Waals surface area contributed by atoms with E-state index in [9.17, 15) is 14.4 Å². The zero-order valence-electron chi connectivity index (χ0n) is 18.4. The Labute approximate surface area is 185 Å². The van der Waals surface area contributed by atoms with Gasteiger partial charge in [0.25, 0.3) is 11.8 Å². The monoisotopic (exact) mass is 438 g/mol. The molecule has 10 heteroatoms. The van der Waals surface area contributed by atoms with Gasteiger partial charge in [0.15, 0.2) is 0 Å². The van der Waals surface area contributed by atoms with Crippen LogP contribution >= 0.6 is 0 Å². The first kappa shape index (κ1) is 22.5. The minimum atomic E-state index is -0.435. The summed E-state index contributed by atoms with van der Waals surface area (Å²) in [5.41, 5.74) is 8.74. The number of anilines is 3. The van der Waals surface area contributed by atoms with E-state index in [1.165, 1.54) is 6.08 Å². The third-order valence-electron chi connectivity index (χ3n) is 4.73. The van der Waals surface area contributed by atoms with Crippen molar-refractivity contribution in [2.75, 3.05) is 23.0 Å². The standard InChI is InChI=1S/C22H26N6O4/c1-5-32-20(29)7-6-17-9-15(12-26(17)2)24-22(31)19-10-16(13-28(19)4)25-21(30)18-8-14(23)11-27(18)3/h6-13H,5,23H2,1-4H3,(H,24,31)(H,25,30)/b7-6+. The van der Waals surface area contributed by atoms with E-state index < -0.39 is 5.97 Å². The smallest absolute Gasteiger partial charge is 0.330 e. The Hall–Kier alpha value is -4.21. The average Bonchev–Trinajstić information content (AvgIpc) is 3.36. The lowest BCUT2D eigenvalue weighted by atomic mass is 10.3. The second-order valence-electron chi connectivity index (χ2n) is 7.25. The highest BCUT2D eigenvalue weighted by Gasteiger charge is 2.16. The fourth-order valence-electron chi connectivity index (χ4n) is 3.22. The normalized spacial score (nSPS) is 11.0. The van der Waals surface area contributed by atoms with E-state index >= 15 is 0 Å². The van der Waals surface area contributed by atoms with Crippen LogP contribution in [0, 0.1) is 0 Å². The third kappa shape index (κ3) is 5.09. The molecule has 0 aliphatic carbocycles. The van der Waals surface area contributed by atoms with Gasteiger partial charge < -0.3 is 34.8 Å². The Morgan fingerprint density at radius 3 is 2.06 bits per heavy atom. The fraction of sp³-hybridized carbons (Fsp3) is 0.227. The first-order chi connectivity index (χ1) is 15.2. The maximum absolute atomic E-state index is 12.8. The summed E-state index contributed by atoms with van der Waals surface area (Å²) in [4.78, 5) is 36.7. The number of nitrogens with two attached hydrogens (primary N) is 1. The van der Waals surface area contributed by atoms with Crippen LogP contribution in [0.3, 0.4) is 0 Å². The molecule has 0 saturated heterocycles. The van der Waals surface area contributed by atoms with Crippen molar-refractivity contribution in [3.8, 4) is 0 Å². The van der Waals surface area contributed by atoms with Crippen LogP contribution in [0.15, 0.2) is 42.9 Å². The molecule has 0 aliphatic heterocycles. The highest BCUT2D eigenvalue weighted by Crippen LogP contribution is 2.19. The van der Waals surface area contributed by atoms with Gasteiger partial charge in [0, 0.05) is 51.5 Å². The van der Waals surface area contributed by atoms with Gasteiger partial charge in [-0.2, -0.15) is 0 Å². The minimum absolute atomic E-state index is 0.302. The molecule has 0 radical (unpaired) electrons. The lowest BCUT2D eigenvalue weighted by molar-refractivity contribution is -0.137. The van der Waals surface area contributed by atoms with Crippen LogP contribution in [0.25, 0.3) is 6.08 Å². The zero-order valence-corrected chi connectivity index (χ0v) is 18.4. The maximum atomic E-state index is 12.8. The first-order valence-corrected chi connectivity index (χ1v) is 9.90. The molecule has 0 unspecified atom stereocenters. The largest absolute Gasteiger partial charge is 0.463 e. The number of rotatable bonds is 7. The number of carbonyl (C=O) groups excluding carboxylic acids is 3. The number of nitrogen functional groups attached to an aromatic ring is 1. The second-order valence-corrected chi connectivity index (χ2v) is 7.25. The summed E-state index contributed by atoms with van der Waals surface area (Å²) in [6.45, 7) is 2.04. The summed E-state index contributed by atoms with van der Waals surface area (Å²) in [5, 5.41) is 5.59. The van der Waals surface area contributed by atoms with Gasteiger partial charge in [0.1, 0.15) is 11.4 Å². The van der Waals surface area contributed by atoms with Crippen molar-refractivity contribution >= 4 is 40.9 Å². The van der Waals surface area contributed by atoms with Crippen LogP contribution in [-0.4, -0.2) is 38.1 Å². The van der Waals surface area contributed by atoms with Crippen molar-refractivity contribution < 1.29 is 19.1 Å². The van der Waals surface area contributed by atoms with E-state index in [4.69, 9.17) is 10.5 Å². The number of esters is 1. The third-order valence-corrected chi connectivity index (χ3v) is 4.73. The molecule has 0 bridgehead atoms. The zero-order chi connectivity index (χ0) is 23.4. The van der Waals surface area contributed by atoms with Crippen LogP contribution < -0.4 is 16.4 Å². The number of amides is 2. The molecule has 3 aromatic rings. The van der Waals surface area contributed by atoms with Gasteiger partial charge in [-0.25, -0.2) is 4.79 Å².